The maximum Gasteiger partial charge on any atom is 0.346 e. The van der Waals surface area contributed by atoms with Crippen LogP contribution >= 0.6 is 0 Å². The second kappa shape index (κ2) is 8.02. The van der Waals surface area contributed by atoms with Crippen molar-refractivity contribution in [3.8, 4) is 11.5 Å². The minimum absolute atomic E-state index is 0.180. The number of unbranched alkanes of at least 4 members (excludes halogenated alkanes) is 2. The molecule has 5 nitrogen and oxygen atoms in total. The summed E-state index contributed by atoms with van der Waals surface area (Å²) in [4.78, 5) is 22.7. The third-order valence-corrected chi connectivity index (χ3v) is 2.99. The monoisotopic (exact) mass is 302 g/mol. The molecular weight excluding hydrogens is 284 g/mol. The number of carbonyl (C=O) groups excluding carboxylic acids is 1. The molecule has 0 aliphatic rings. The third kappa shape index (κ3) is 4.77. The molecule has 2 aromatic rings. The van der Waals surface area contributed by atoms with E-state index in [4.69, 9.17) is 9.47 Å². The van der Waals surface area contributed by atoms with Crippen LogP contribution in [0.1, 0.15) is 36.5 Å². The highest BCUT2D eigenvalue weighted by molar-refractivity contribution is 5.90. The fourth-order valence-electron chi connectivity index (χ4n) is 1.79. The maximum atomic E-state index is 11.8. The zero-order valence-corrected chi connectivity index (χ0v) is 12.4. The summed E-state index contributed by atoms with van der Waals surface area (Å²) in [6.45, 7) is 2.82. The summed E-state index contributed by atoms with van der Waals surface area (Å²) in [6.07, 6.45) is 4.39. The van der Waals surface area contributed by atoms with Gasteiger partial charge in [-0.2, -0.15) is 0 Å². The van der Waals surface area contributed by atoms with Gasteiger partial charge in [0.05, 0.1) is 12.2 Å². The molecule has 0 N–H and O–H groups in total. The minimum atomic E-state index is -0.583. The maximum absolute atomic E-state index is 11.8. The second-order valence-electron chi connectivity index (χ2n) is 4.76. The number of rotatable bonds is 7. The Kier molecular flexibility index (Phi) is 5.77. The van der Waals surface area contributed by atoms with Gasteiger partial charge in [-0.3, -0.25) is 0 Å². The largest absolute Gasteiger partial charge is 0.494 e. The molecule has 5 heteroatoms. The van der Waals surface area contributed by atoms with Crippen molar-refractivity contribution in [2.45, 2.75) is 26.2 Å². The van der Waals surface area contributed by atoms with Gasteiger partial charge in [-0.15, -0.1) is 0 Å². The third-order valence-electron chi connectivity index (χ3n) is 2.99. The summed E-state index contributed by atoms with van der Waals surface area (Å²) < 4.78 is 15.4. The first-order valence-electron chi connectivity index (χ1n) is 7.23. The molecule has 0 fully saturated rings. The minimum Gasteiger partial charge on any atom is -0.494 e. The molecule has 0 saturated carbocycles. The van der Waals surface area contributed by atoms with Gasteiger partial charge in [-0.1, -0.05) is 19.8 Å². The van der Waals surface area contributed by atoms with Crippen LogP contribution in [0.3, 0.4) is 0 Å². The number of benzene rings is 1. The van der Waals surface area contributed by atoms with Gasteiger partial charge in [-0.05, 0) is 36.8 Å². The van der Waals surface area contributed by atoms with Gasteiger partial charge >= 0.3 is 11.6 Å². The normalized spacial score (nSPS) is 10.2. The smallest absolute Gasteiger partial charge is 0.346 e. The SMILES string of the molecule is CCCCCOc1ccc(OC(=O)c2ccc(=O)oc2)cc1. The highest BCUT2D eigenvalue weighted by Crippen LogP contribution is 2.19. The average molecular weight is 302 g/mol. The molecule has 0 amide bonds. The summed E-state index contributed by atoms with van der Waals surface area (Å²) in [5.41, 5.74) is -0.333. The summed E-state index contributed by atoms with van der Waals surface area (Å²) >= 11 is 0. The Bertz CT molecular complexity index is 637. The molecule has 0 radical (unpaired) electrons. The lowest BCUT2D eigenvalue weighted by Gasteiger charge is -2.07. The average Bonchev–Trinajstić information content (AvgIpc) is 2.54. The quantitative estimate of drug-likeness (QED) is 0.445. The van der Waals surface area contributed by atoms with E-state index in [0.717, 1.165) is 31.3 Å². The Balaban J connectivity index is 1.89. The van der Waals surface area contributed by atoms with E-state index in [1.54, 1.807) is 24.3 Å². The molecule has 0 saturated heterocycles. The van der Waals surface area contributed by atoms with Crippen LogP contribution in [0, 0.1) is 0 Å². The van der Waals surface area contributed by atoms with E-state index in [0.29, 0.717) is 12.4 Å². The molecule has 1 heterocycles. The van der Waals surface area contributed by atoms with Gasteiger partial charge in [0.15, 0.2) is 0 Å². The van der Waals surface area contributed by atoms with E-state index in [-0.39, 0.29) is 5.56 Å². The summed E-state index contributed by atoms with van der Waals surface area (Å²) in [7, 11) is 0. The van der Waals surface area contributed by atoms with Crippen molar-refractivity contribution >= 4 is 5.97 Å². The molecule has 0 aliphatic carbocycles. The van der Waals surface area contributed by atoms with Crippen molar-refractivity contribution < 1.29 is 18.7 Å². The van der Waals surface area contributed by atoms with Gasteiger partial charge in [0.25, 0.3) is 0 Å². The van der Waals surface area contributed by atoms with Crippen LogP contribution in [0.2, 0.25) is 0 Å². The molecule has 116 valence electrons. The molecule has 0 aliphatic heterocycles. The summed E-state index contributed by atoms with van der Waals surface area (Å²) in [5.74, 6) is 0.555. The molecule has 2 rings (SSSR count). The van der Waals surface area contributed by atoms with Crippen molar-refractivity contribution in [1.82, 2.24) is 0 Å². The van der Waals surface area contributed by atoms with Crippen molar-refractivity contribution in [3.05, 3.63) is 58.6 Å². The first kappa shape index (κ1) is 15.8. The molecule has 0 bridgehead atoms. The number of hydrogen-bond acceptors (Lipinski definition) is 5. The lowest BCUT2D eigenvalue weighted by Crippen LogP contribution is -2.10. The highest BCUT2D eigenvalue weighted by atomic mass is 16.5. The molecule has 22 heavy (non-hydrogen) atoms. The van der Waals surface area contributed by atoms with Crippen LogP contribution in [0.4, 0.5) is 0 Å². The standard InChI is InChI=1S/C17H18O5/c1-2-3-4-11-20-14-6-8-15(9-7-14)22-17(19)13-5-10-16(18)21-12-13/h5-10,12H,2-4,11H2,1H3. The van der Waals surface area contributed by atoms with Crippen molar-refractivity contribution in [2.24, 2.45) is 0 Å². The number of ether oxygens (including phenoxy) is 2. The van der Waals surface area contributed by atoms with Crippen LogP contribution in [0.5, 0.6) is 11.5 Å². The molecule has 1 aromatic carbocycles. The van der Waals surface area contributed by atoms with E-state index in [9.17, 15) is 9.59 Å². The van der Waals surface area contributed by atoms with Crippen LogP contribution in [0.25, 0.3) is 0 Å². The van der Waals surface area contributed by atoms with Crippen molar-refractivity contribution in [1.29, 1.82) is 0 Å². The Labute approximate surface area is 128 Å². The van der Waals surface area contributed by atoms with Gasteiger partial charge in [0, 0.05) is 6.07 Å². The Morgan fingerprint density at radius 1 is 1.05 bits per heavy atom. The fourth-order valence-corrected chi connectivity index (χ4v) is 1.79. The zero-order chi connectivity index (χ0) is 15.8. The Hall–Kier alpha value is -2.56. The molecule has 0 atom stereocenters. The fraction of sp³-hybridized carbons (Fsp3) is 0.294. The molecule has 0 spiro atoms. The van der Waals surface area contributed by atoms with E-state index in [1.165, 1.54) is 12.1 Å². The number of hydrogen-bond donors (Lipinski definition) is 0. The van der Waals surface area contributed by atoms with E-state index in [1.807, 2.05) is 0 Å². The van der Waals surface area contributed by atoms with Crippen molar-refractivity contribution in [3.63, 3.8) is 0 Å². The second-order valence-corrected chi connectivity index (χ2v) is 4.76. The lowest BCUT2D eigenvalue weighted by molar-refractivity contribution is 0.0731. The van der Waals surface area contributed by atoms with E-state index in [2.05, 4.69) is 11.3 Å². The molecular formula is C17H18O5. The van der Waals surface area contributed by atoms with E-state index >= 15 is 0 Å². The number of carbonyl (C=O) groups is 1. The summed E-state index contributed by atoms with van der Waals surface area (Å²) in [5, 5.41) is 0. The molecule has 1 aromatic heterocycles. The van der Waals surface area contributed by atoms with Gasteiger partial charge < -0.3 is 13.9 Å². The van der Waals surface area contributed by atoms with E-state index < -0.39 is 11.6 Å². The summed E-state index contributed by atoms with van der Waals surface area (Å²) in [6, 6.07) is 9.35. The first-order valence-corrected chi connectivity index (χ1v) is 7.23. The van der Waals surface area contributed by atoms with Gasteiger partial charge in [0.2, 0.25) is 0 Å². The topological polar surface area (TPSA) is 65.7 Å². The lowest BCUT2D eigenvalue weighted by atomic mass is 10.2. The van der Waals surface area contributed by atoms with Gasteiger partial charge in [-0.25, -0.2) is 9.59 Å². The van der Waals surface area contributed by atoms with Gasteiger partial charge in [0.1, 0.15) is 17.8 Å². The first-order chi connectivity index (χ1) is 10.7. The Morgan fingerprint density at radius 3 is 2.41 bits per heavy atom. The predicted molar refractivity (Wildman–Crippen MR) is 81.4 cm³/mol. The van der Waals surface area contributed by atoms with Crippen LogP contribution < -0.4 is 15.1 Å². The predicted octanol–water partition coefficient (Wildman–Crippen LogP) is 3.43. The zero-order valence-electron chi connectivity index (χ0n) is 12.4. The van der Waals surface area contributed by atoms with Crippen LogP contribution in [0.15, 0.2) is 51.9 Å². The van der Waals surface area contributed by atoms with Crippen LogP contribution in [-0.2, 0) is 0 Å². The Morgan fingerprint density at radius 2 is 1.77 bits per heavy atom. The number of esters is 1. The highest BCUT2D eigenvalue weighted by Gasteiger charge is 2.09. The van der Waals surface area contributed by atoms with Crippen LogP contribution in [-0.4, -0.2) is 12.6 Å². The molecule has 0 unspecified atom stereocenters. The van der Waals surface area contributed by atoms with Crippen molar-refractivity contribution in [2.75, 3.05) is 6.61 Å².